The fourth-order valence-corrected chi connectivity index (χ4v) is 2.04. The molecule has 0 amide bonds. The SMILES string of the molecule is C=C(CCC)S/C(N)=C/C(C)(O)OCC. The van der Waals surface area contributed by atoms with Crippen molar-refractivity contribution < 1.29 is 9.84 Å². The molecule has 0 saturated carbocycles. The van der Waals surface area contributed by atoms with Crippen molar-refractivity contribution in [3.63, 3.8) is 0 Å². The van der Waals surface area contributed by atoms with Crippen molar-refractivity contribution in [2.45, 2.75) is 39.4 Å². The summed E-state index contributed by atoms with van der Waals surface area (Å²) >= 11 is 1.38. The van der Waals surface area contributed by atoms with Crippen molar-refractivity contribution in [3.05, 3.63) is 22.6 Å². The summed E-state index contributed by atoms with van der Waals surface area (Å²) in [6.07, 6.45) is 3.47. The fraction of sp³-hybridized carbons (Fsp3) is 0.636. The first kappa shape index (κ1) is 14.6. The van der Waals surface area contributed by atoms with Crippen LogP contribution >= 0.6 is 11.8 Å². The number of aliphatic hydroxyl groups is 1. The van der Waals surface area contributed by atoms with Crippen LogP contribution in [-0.4, -0.2) is 17.5 Å². The lowest BCUT2D eigenvalue weighted by Gasteiger charge is -2.19. The lowest BCUT2D eigenvalue weighted by Crippen LogP contribution is -2.26. The summed E-state index contributed by atoms with van der Waals surface area (Å²) in [6.45, 7) is 9.79. The topological polar surface area (TPSA) is 55.5 Å². The van der Waals surface area contributed by atoms with Crippen LogP contribution in [0.15, 0.2) is 22.6 Å². The molecule has 0 heterocycles. The summed E-state index contributed by atoms with van der Waals surface area (Å²) in [5.74, 6) is -1.29. The molecule has 4 heteroatoms. The van der Waals surface area contributed by atoms with Gasteiger partial charge in [0.2, 0.25) is 0 Å². The number of nitrogens with two attached hydrogens (primary N) is 1. The van der Waals surface area contributed by atoms with E-state index in [2.05, 4.69) is 13.5 Å². The second-order valence-electron chi connectivity index (χ2n) is 3.43. The molecule has 0 radical (unpaired) electrons. The Morgan fingerprint density at radius 3 is 2.67 bits per heavy atom. The second-order valence-corrected chi connectivity index (χ2v) is 4.68. The normalized spacial score (nSPS) is 16.1. The lowest BCUT2D eigenvalue weighted by molar-refractivity contribution is -0.149. The minimum atomic E-state index is -1.29. The number of hydrogen-bond acceptors (Lipinski definition) is 4. The average molecular weight is 231 g/mol. The summed E-state index contributed by atoms with van der Waals surface area (Å²) in [7, 11) is 0. The van der Waals surface area contributed by atoms with E-state index in [-0.39, 0.29) is 0 Å². The van der Waals surface area contributed by atoms with Crippen LogP contribution in [0.1, 0.15) is 33.6 Å². The largest absolute Gasteiger partial charge is 0.393 e. The molecule has 88 valence electrons. The van der Waals surface area contributed by atoms with Gasteiger partial charge in [-0.15, -0.1) is 0 Å². The monoisotopic (exact) mass is 231 g/mol. The Bertz CT molecular complexity index is 237. The predicted octanol–water partition coefficient (Wildman–Crippen LogP) is 2.58. The van der Waals surface area contributed by atoms with E-state index in [0.29, 0.717) is 11.6 Å². The van der Waals surface area contributed by atoms with Gasteiger partial charge in [0.25, 0.3) is 0 Å². The molecule has 0 aliphatic heterocycles. The van der Waals surface area contributed by atoms with Gasteiger partial charge in [-0.05, 0) is 25.2 Å². The molecule has 0 spiro atoms. The molecule has 3 N–H and O–H groups in total. The maximum atomic E-state index is 9.71. The summed E-state index contributed by atoms with van der Waals surface area (Å²) in [5, 5.41) is 10.2. The van der Waals surface area contributed by atoms with Crippen LogP contribution in [0.3, 0.4) is 0 Å². The highest BCUT2D eigenvalue weighted by molar-refractivity contribution is 8.06. The van der Waals surface area contributed by atoms with Gasteiger partial charge in [-0.25, -0.2) is 0 Å². The van der Waals surface area contributed by atoms with Crippen molar-refractivity contribution in [2.75, 3.05) is 6.61 Å². The van der Waals surface area contributed by atoms with Gasteiger partial charge in [-0.3, -0.25) is 0 Å². The molecule has 0 aliphatic carbocycles. The summed E-state index contributed by atoms with van der Waals surface area (Å²) in [4.78, 5) is 0.999. The van der Waals surface area contributed by atoms with E-state index in [4.69, 9.17) is 10.5 Å². The molecule has 0 rings (SSSR count). The molecule has 15 heavy (non-hydrogen) atoms. The second kappa shape index (κ2) is 6.93. The van der Waals surface area contributed by atoms with Crippen molar-refractivity contribution in [2.24, 2.45) is 5.73 Å². The zero-order valence-electron chi connectivity index (χ0n) is 9.75. The van der Waals surface area contributed by atoms with E-state index in [1.807, 2.05) is 6.92 Å². The fourth-order valence-electron chi connectivity index (χ4n) is 1.12. The summed E-state index contributed by atoms with van der Waals surface area (Å²) < 4.78 is 5.10. The van der Waals surface area contributed by atoms with E-state index >= 15 is 0 Å². The number of rotatable bonds is 7. The zero-order valence-corrected chi connectivity index (χ0v) is 10.6. The van der Waals surface area contributed by atoms with Gasteiger partial charge in [0.15, 0.2) is 5.79 Å². The maximum absolute atomic E-state index is 9.71. The van der Waals surface area contributed by atoms with Crippen molar-refractivity contribution in [1.82, 2.24) is 0 Å². The molecular formula is C11H21NO2S. The van der Waals surface area contributed by atoms with E-state index in [1.165, 1.54) is 17.8 Å². The Kier molecular flexibility index (Phi) is 6.72. The van der Waals surface area contributed by atoms with Crippen LogP contribution < -0.4 is 5.73 Å². The number of allylic oxidation sites excluding steroid dienone is 1. The predicted molar refractivity (Wildman–Crippen MR) is 66.2 cm³/mol. The van der Waals surface area contributed by atoms with E-state index in [1.54, 1.807) is 6.92 Å². The number of thioether (sulfide) groups is 1. The molecule has 0 fully saturated rings. The molecule has 1 atom stereocenters. The Morgan fingerprint density at radius 1 is 1.60 bits per heavy atom. The molecule has 0 aromatic carbocycles. The highest BCUT2D eigenvalue weighted by Gasteiger charge is 2.17. The van der Waals surface area contributed by atoms with Crippen LogP contribution in [-0.2, 0) is 4.74 Å². The first-order valence-electron chi connectivity index (χ1n) is 5.11. The van der Waals surface area contributed by atoms with Gasteiger partial charge in [0, 0.05) is 12.7 Å². The molecule has 1 unspecified atom stereocenters. The summed E-state index contributed by atoms with van der Waals surface area (Å²) in [5.41, 5.74) is 5.74. The Hall–Kier alpha value is -0.450. The highest BCUT2D eigenvalue weighted by Crippen LogP contribution is 2.25. The molecule has 0 aliphatic rings. The maximum Gasteiger partial charge on any atom is 0.185 e. The van der Waals surface area contributed by atoms with Crippen LogP contribution in [0.4, 0.5) is 0 Å². The van der Waals surface area contributed by atoms with Crippen LogP contribution in [0.25, 0.3) is 0 Å². The molecule has 0 bridgehead atoms. The molecule has 0 aromatic heterocycles. The minimum Gasteiger partial charge on any atom is -0.393 e. The first-order valence-corrected chi connectivity index (χ1v) is 5.93. The lowest BCUT2D eigenvalue weighted by atomic mass is 10.3. The first-order chi connectivity index (χ1) is 6.91. The smallest absolute Gasteiger partial charge is 0.185 e. The quantitative estimate of drug-likeness (QED) is 0.661. The Balaban J connectivity index is 4.24. The van der Waals surface area contributed by atoms with Crippen LogP contribution in [0.5, 0.6) is 0 Å². The van der Waals surface area contributed by atoms with Gasteiger partial charge in [0.1, 0.15) is 0 Å². The van der Waals surface area contributed by atoms with Gasteiger partial charge in [-0.1, -0.05) is 31.7 Å². The van der Waals surface area contributed by atoms with E-state index in [0.717, 1.165) is 17.7 Å². The van der Waals surface area contributed by atoms with Gasteiger partial charge < -0.3 is 15.6 Å². The van der Waals surface area contributed by atoms with Crippen molar-refractivity contribution in [1.29, 1.82) is 0 Å². The Labute approximate surface area is 96.4 Å². The van der Waals surface area contributed by atoms with Crippen LogP contribution in [0.2, 0.25) is 0 Å². The van der Waals surface area contributed by atoms with Crippen molar-refractivity contribution >= 4 is 11.8 Å². The highest BCUT2D eigenvalue weighted by atomic mass is 32.2. The number of hydrogen-bond donors (Lipinski definition) is 2. The minimum absolute atomic E-state index is 0.442. The van der Waals surface area contributed by atoms with Gasteiger partial charge >= 0.3 is 0 Å². The molecular weight excluding hydrogens is 210 g/mol. The average Bonchev–Trinajstić information content (AvgIpc) is 2.01. The van der Waals surface area contributed by atoms with Gasteiger partial charge in [-0.2, -0.15) is 0 Å². The van der Waals surface area contributed by atoms with Crippen molar-refractivity contribution in [3.8, 4) is 0 Å². The summed E-state index contributed by atoms with van der Waals surface area (Å²) in [6, 6.07) is 0. The Morgan fingerprint density at radius 2 is 2.20 bits per heavy atom. The molecule has 0 aromatic rings. The van der Waals surface area contributed by atoms with Gasteiger partial charge in [0.05, 0.1) is 5.03 Å². The number of ether oxygens (including phenoxy) is 1. The molecule has 3 nitrogen and oxygen atoms in total. The van der Waals surface area contributed by atoms with Crippen LogP contribution in [0, 0.1) is 0 Å². The third kappa shape index (κ3) is 7.48. The zero-order chi connectivity index (χ0) is 11.9. The van der Waals surface area contributed by atoms with E-state index < -0.39 is 5.79 Å². The standard InChI is InChI=1S/C11H21NO2S/c1-5-7-9(3)15-10(12)8-11(4,13)14-6-2/h8,13H,3,5-7,12H2,1-2,4H3/b10-8+. The van der Waals surface area contributed by atoms with E-state index in [9.17, 15) is 5.11 Å². The third-order valence-corrected chi connectivity index (χ3v) is 2.48. The molecule has 0 saturated heterocycles. The third-order valence-electron chi connectivity index (χ3n) is 1.64.